The Hall–Kier alpha value is -1.18. The molecule has 1 heterocycles. The number of aliphatic hydroxyl groups excluding tert-OH is 4. The maximum Gasteiger partial charge on any atom is 0.121 e. The predicted molar refractivity (Wildman–Crippen MR) is 60.8 cm³/mol. The van der Waals surface area contributed by atoms with Crippen LogP contribution in [0.1, 0.15) is 11.7 Å². The zero-order valence-electron chi connectivity index (χ0n) is 9.55. The van der Waals surface area contributed by atoms with Gasteiger partial charge in [0.15, 0.2) is 0 Å². The van der Waals surface area contributed by atoms with E-state index in [9.17, 15) is 20.4 Å². The van der Waals surface area contributed by atoms with E-state index in [1.54, 1.807) is 18.2 Å². The standard InChI is InChI=1S/C12H16O6/c13-5-8-9(15)10(16)11(17)12(18-8)6-3-1-2-4-7(6)14/h1-4,8-17H,5H2/t8-,9-,10+,11+,12-/m1/s1. The molecule has 6 heteroatoms. The van der Waals surface area contributed by atoms with Crippen LogP contribution in [0.25, 0.3) is 0 Å². The van der Waals surface area contributed by atoms with Crippen molar-refractivity contribution in [2.75, 3.05) is 6.61 Å². The Morgan fingerprint density at radius 1 is 1.00 bits per heavy atom. The molecule has 1 aromatic rings. The molecule has 5 atom stereocenters. The summed E-state index contributed by atoms with van der Waals surface area (Å²) in [7, 11) is 0. The largest absolute Gasteiger partial charge is 0.508 e. The molecule has 0 radical (unpaired) electrons. The maximum absolute atomic E-state index is 9.87. The van der Waals surface area contributed by atoms with Crippen molar-refractivity contribution in [3.05, 3.63) is 29.8 Å². The van der Waals surface area contributed by atoms with Crippen LogP contribution in [-0.2, 0) is 4.74 Å². The Morgan fingerprint density at radius 2 is 1.67 bits per heavy atom. The van der Waals surface area contributed by atoms with Gasteiger partial charge in [-0.05, 0) is 6.07 Å². The molecule has 5 N–H and O–H groups in total. The molecule has 1 aromatic carbocycles. The van der Waals surface area contributed by atoms with Crippen molar-refractivity contribution in [2.24, 2.45) is 0 Å². The first-order chi connectivity index (χ1) is 8.56. The van der Waals surface area contributed by atoms with Gasteiger partial charge in [0.1, 0.15) is 36.3 Å². The topological polar surface area (TPSA) is 110 Å². The van der Waals surface area contributed by atoms with Crippen LogP contribution in [0.4, 0.5) is 0 Å². The highest BCUT2D eigenvalue weighted by atomic mass is 16.5. The quantitative estimate of drug-likeness (QED) is 0.460. The third-order valence-corrected chi connectivity index (χ3v) is 3.14. The normalized spacial score (nSPS) is 36.6. The van der Waals surface area contributed by atoms with Crippen molar-refractivity contribution in [3.8, 4) is 5.75 Å². The van der Waals surface area contributed by atoms with Crippen LogP contribution in [0.5, 0.6) is 5.75 Å². The first kappa shape index (κ1) is 13.3. The van der Waals surface area contributed by atoms with E-state index in [1.165, 1.54) is 6.07 Å². The van der Waals surface area contributed by atoms with Gasteiger partial charge in [-0.1, -0.05) is 18.2 Å². The Bertz CT molecular complexity index is 407. The van der Waals surface area contributed by atoms with E-state index in [4.69, 9.17) is 9.84 Å². The van der Waals surface area contributed by atoms with Crippen LogP contribution in [-0.4, -0.2) is 56.6 Å². The van der Waals surface area contributed by atoms with Crippen LogP contribution in [0, 0.1) is 0 Å². The number of phenolic OH excluding ortho intramolecular Hbond substituents is 1. The second-order valence-corrected chi connectivity index (χ2v) is 4.31. The fraction of sp³-hybridized carbons (Fsp3) is 0.500. The Morgan fingerprint density at radius 3 is 2.28 bits per heavy atom. The number of phenols is 1. The summed E-state index contributed by atoms with van der Waals surface area (Å²) in [6, 6.07) is 6.23. The molecule has 2 rings (SSSR count). The van der Waals surface area contributed by atoms with Gasteiger partial charge in [-0.25, -0.2) is 0 Å². The minimum Gasteiger partial charge on any atom is -0.508 e. The Kier molecular flexibility index (Phi) is 3.84. The highest BCUT2D eigenvalue weighted by Crippen LogP contribution is 2.36. The highest BCUT2D eigenvalue weighted by molar-refractivity contribution is 5.35. The molecular weight excluding hydrogens is 240 g/mol. The summed E-state index contributed by atoms with van der Waals surface area (Å²) < 4.78 is 5.33. The van der Waals surface area contributed by atoms with Crippen LogP contribution in [0.3, 0.4) is 0 Å². The summed E-state index contributed by atoms with van der Waals surface area (Å²) in [6.45, 7) is -0.491. The smallest absolute Gasteiger partial charge is 0.121 e. The molecule has 1 aliphatic rings. The lowest BCUT2D eigenvalue weighted by Gasteiger charge is -2.40. The summed E-state index contributed by atoms with van der Waals surface area (Å²) in [5, 5.41) is 47.9. The molecule has 0 amide bonds. The molecule has 0 aliphatic carbocycles. The van der Waals surface area contributed by atoms with Gasteiger partial charge in [0, 0.05) is 5.56 Å². The molecule has 1 aliphatic heterocycles. The molecule has 1 fully saturated rings. The highest BCUT2D eigenvalue weighted by Gasteiger charge is 2.44. The molecule has 0 unspecified atom stereocenters. The molecule has 18 heavy (non-hydrogen) atoms. The van der Waals surface area contributed by atoms with E-state index >= 15 is 0 Å². The van der Waals surface area contributed by atoms with Crippen LogP contribution in [0.2, 0.25) is 0 Å². The molecule has 0 bridgehead atoms. The first-order valence-electron chi connectivity index (χ1n) is 5.64. The maximum atomic E-state index is 9.87. The number of hydrogen-bond donors (Lipinski definition) is 5. The summed E-state index contributed by atoms with van der Waals surface area (Å²) in [4.78, 5) is 0. The van der Waals surface area contributed by atoms with Crippen LogP contribution >= 0.6 is 0 Å². The van der Waals surface area contributed by atoms with Crippen LogP contribution < -0.4 is 0 Å². The van der Waals surface area contributed by atoms with E-state index in [2.05, 4.69) is 0 Å². The molecule has 0 spiro atoms. The zero-order valence-corrected chi connectivity index (χ0v) is 9.55. The van der Waals surface area contributed by atoms with Gasteiger partial charge in [-0.2, -0.15) is 0 Å². The van der Waals surface area contributed by atoms with Gasteiger partial charge in [0.2, 0.25) is 0 Å². The number of hydrogen-bond acceptors (Lipinski definition) is 6. The number of rotatable bonds is 2. The summed E-state index contributed by atoms with van der Waals surface area (Å²) >= 11 is 0. The lowest BCUT2D eigenvalue weighted by molar-refractivity contribution is -0.232. The van der Waals surface area contributed by atoms with E-state index < -0.39 is 37.1 Å². The van der Waals surface area contributed by atoms with Crippen molar-refractivity contribution in [1.82, 2.24) is 0 Å². The number of para-hydroxylation sites is 1. The lowest BCUT2D eigenvalue weighted by atomic mass is 9.91. The Labute approximate surface area is 104 Å². The summed E-state index contributed by atoms with van der Waals surface area (Å²) in [5.74, 6) is -0.0816. The second-order valence-electron chi connectivity index (χ2n) is 4.31. The summed E-state index contributed by atoms with van der Waals surface area (Å²) in [6.07, 6.45) is -6.20. The summed E-state index contributed by atoms with van der Waals surface area (Å²) in [5.41, 5.74) is 0.300. The zero-order chi connectivity index (χ0) is 13.3. The SMILES string of the molecule is OC[C@H]1O[C@H](c2ccccc2O)[C@@H](O)[C@@H](O)[C@@H]1O. The molecule has 0 aromatic heterocycles. The van der Waals surface area contributed by atoms with Gasteiger partial charge < -0.3 is 30.3 Å². The van der Waals surface area contributed by atoms with Gasteiger partial charge >= 0.3 is 0 Å². The van der Waals surface area contributed by atoms with E-state index in [-0.39, 0.29) is 5.75 Å². The van der Waals surface area contributed by atoms with Gasteiger partial charge in [-0.15, -0.1) is 0 Å². The number of ether oxygens (including phenoxy) is 1. The van der Waals surface area contributed by atoms with Gasteiger partial charge in [-0.3, -0.25) is 0 Å². The number of aromatic hydroxyl groups is 1. The third-order valence-electron chi connectivity index (χ3n) is 3.14. The molecule has 1 saturated heterocycles. The Balaban J connectivity index is 2.30. The van der Waals surface area contributed by atoms with Crippen molar-refractivity contribution in [1.29, 1.82) is 0 Å². The van der Waals surface area contributed by atoms with Gasteiger partial charge in [0.25, 0.3) is 0 Å². The molecule has 6 nitrogen and oxygen atoms in total. The first-order valence-corrected chi connectivity index (χ1v) is 5.64. The number of aliphatic hydroxyl groups is 4. The van der Waals surface area contributed by atoms with Crippen LogP contribution in [0.15, 0.2) is 24.3 Å². The molecule has 0 saturated carbocycles. The average Bonchev–Trinajstić information content (AvgIpc) is 2.38. The minimum absolute atomic E-state index is 0.0816. The fourth-order valence-electron chi connectivity index (χ4n) is 2.09. The van der Waals surface area contributed by atoms with Gasteiger partial charge in [0.05, 0.1) is 6.61 Å². The molecular formula is C12H16O6. The number of benzene rings is 1. The predicted octanol–water partition coefficient (Wildman–Crippen LogP) is -1.09. The third kappa shape index (κ3) is 2.21. The van der Waals surface area contributed by atoms with Crippen molar-refractivity contribution in [2.45, 2.75) is 30.5 Å². The van der Waals surface area contributed by atoms with E-state index in [0.29, 0.717) is 5.56 Å². The second kappa shape index (κ2) is 5.21. The van der Waals surface area contributed by atoms with E-state index in [0.717, 1.165) is 0 Å². The molecule has 100 valence electrons. The monoisotopic (exact) mass is 256 g/mol. The fourth-order valence-corrected chi connectivity index (χ4v) is 2.09. The van der Waals surface area contributed by atoms with Crippen molar-refractivity contribution in [3.63, 3.8) is 0 Å². The van der Waals surface area contributed by atoms with Crippen molar-refractivity contribution >= 4 is 0 Å². The minimum atomic E-state index is -1.44. The van der Waals surface area contributed by atoms with E-state index in [1.807, 2.05) is 0 Å². The van der Waals surface area contributed by atoms with Crippen molar-refractivity contribution < 1.29 is 30.3 Å². The average molecular weight is 256 g/mol. The lowest BCUT2D eigenvalue weighted by Crippen LogP contribution is -2.55.